The van der Waals surface area contributed by atoms with Crippen molar-refractivity contribution in [3.63, 3.8) is 0 Å². The Labute approximate surface area is 119 Å². The SMILES string of the molecule is CSc1c2ccccc2cn1-c1ccc(Br)cc1. The Hall–Kier alpha value is -1.19. The number of hydrogen-bond acceptors (Lipinski definition) is 1. The maximum absolute atomic E-state index is 3.47. The van der Waals surface area contributed by atoms with Crippen molar-refractivity contribution in [2.45, 2.75) is 5.03 Å². The minimum absolute atomic E-state index is 1.11. The number of fused-ring (bicyclic) bond motifs is 1. The molecule has 0 aliphatic rings. The van der Waals surface area contributed by atoms with Crippen molar-refractivity contribution in [1.29, 1.82) is 0 Å². The summed E-state index contributed by atoms with van der Waals surface area (Å²) in [6.07, 6.45) is 4.32. The van der Waals surface area contributed by atoms with Gasteiger partial charge in [-0.2, -0.15) is 0 Å². The molecule has 0 saturated carbocycles. The molecule has 1 nitrogen and oxygen atoms in total. The number of aromatic nitrogens is 1. The van der Waals surface area contributed by atoms with Gasteiger partial charge in [0.05, 0.1) is 5.03 Å². The lowest BCUT2D eigenvalue weighted by Gasteiger charge is -2.07. The predicted octanol–water partition coefficient (Wildman–Crippen LogP) is 5.11. The number of hydrogen-bond donors (Lipinski definition) is 0. The highest BCUT2D eigenvalue weighted by Crippen LogP contribution is 2.31. The van der Waals surface area contributed by atoms with Crippen molar-refractivity contribution in [2.75, 3.05) is 6.26 Å². The van der Waals surface area contributed by atoms with Gasteiger partial charge in [-0.15, -0.1) is 11.8 Å². The molecule has 1 aromatic heterocycles. The van der Waals surface area contributed by atoms with Gasteiger partial charge in [-0.3, -0.25) is 0 Å². The fourth-order valence-corrected chi connectivity index (χ4v) is 3.16. The van der Waals surface area contributed by atoms with Crippen LogP contribution in [0.2, 0.25) is 0 Å². The van der Waals surface area contributed by atoms with Crippen LogP contribution >= 0.6 is 27.7 Å². The molecule has 1 heterocycles. The van der Waals surface area contributed by atoms with Gasteiger partial charge in [0, 0.05) is 27.1 Å². The minimum Gasteiger partial charge on any atom is -0.311 e. The van der Waals surface area contributed by atoms with E-state index >= 15 is 0 Å². The lowest BCUT2D eigenvalue weighted by atomic mass is 10.2. The summed E-state index contributed by atoms with van der Waals surface area (Å²) in [6, 6.07) is 16.9. The Kier molecular flexibility index (Phi) is 3.18. The van der Waals surface area contributed by atoms with E-state index in [0.717, 1.165) is 4.47 Å². The highest BCUT2D eigenvalue weighted by Gasteiger charge is 2.09. The first-order valence-electron chi connectivity index (χ1n) is 5.69. The summed E-state index contributed by atoms with van der Waals surface area (Å²) in [5.74, 6) is 0. The normalized spacial score (nSPS) is 11.0. The maximum atomic E-state index is 3.47. The average molecular weight is 318 g/mol. The van der Waals surface area contributed by atoms with Crippen LogP contribution in [-0.4, -0.2) is 10.8 Å². The van der Waals surface area contributed by atoms with Gasteiger partial charge in [0.25, 0.3) is 0 Å². The highest BCUT2D eigenvalue weighted by atomic mass is 79.9. The number of thioether (sulfide) groups is 1. The van der Waals surface area contributed by atoms with Crippen molar-refractivity contribution in [1.82, 2.24) is 4.57 Å². The van der Waals surface area contributed by atoms with Crippen molar-refractivity contribution < 1.29 is 0 Å². The smallest absolute Gasteiger partial charge is 0.0871 e. The number of nitrogens with zero attached hydrogens (tertiary/aromatic N) is 1. The lowest BCUT2D eigenvalue weighted by Crippen LogP contribution is -1.92. The van der Waals surface area contributed by atoms with E-state index in [-0.39, 0.29) is 0 Å². The Balaban J connectivity index is 2.25. The highest BCUT2D eigenvalue weighted by molar-refractivity contribution is 9.10. The van der Waals surface area contributed by atoms with Gasteiger partial charge >= 0.3 is 0 Å². The molecule has 0 spiro atoms. The van der Waals surface area contributed by atoms with Gasteiger partial charge in [0.2, 0.25) is 0 Å². The Morgan fingerprint density at radius 1 is 1.00 bits per heavy atom. The molecule has 2 aromatic carbocycles. The molecule has 0 amide bonds. The summed E-state index contributed by atoms with van der Waals surface area (Å²) < 4.78 is 3.36. The molecule has 90 valence electrons. The molecule has 0 aliphatic heterocycles. The van der Waals surface area contributed by atoms with Crippen LogP contribution in [-0.2, 0) is 0 Å². The fraction of sp³-hybridized carbons (Fsp3) is 0.0667. The third-order valence-corrected chi connectivity index (χ3v) is 4.31. The van der Waals surface area contributed by atoms with Crippen molar-refractivity contribution in [2.24, 2.45) is 0 Å². The van der Waals surface area contributed by atoms with E-state index in [9.17, 15) is 0 Å². The molecule has 0 atom stereocenters. The zero-order valence-electron chi connectivity index (χ0n) is 9.93. The molecular weight excluding hydrogens is 306 g/mol. The molecule has 0 aliphatic carbocycles. The molecule has 0 saturated heterocycles. The van der Waals surface area contributed by atoms with Gasteiger partial charge in [-0.1, -0.05) is 40.2 Å². The molecule has 18 heavy (non-hydrogen) atoms. The second-order valence-corrected chi connectivity index (χ2v) is 5.78. The van der Waals surface area contributed by atoms with E-state index in [1.807, 2.05) is 0 Å². The average Bonchev–Trinajstić information content (AvgIpc) is 2.78. The van der Waals surface area contributed by atoms with Crippen LogP contribution in [0.5, 0.6) is 0 Å². The van der Waals surface area contributed by atoms with Crippen LogP contribution in [0.15, 0.2) is 64.2 Å². The van der Waals surface area contributed by atoms with E-state index in [4.69, 9.17) is 0 Å². The van der Waals surface area contributed by atoms with Gasteiger partial charge in [-0.25, -0.2) is 0 Å². The monoisotopic (exact) mass is 317 g/mol. The van der Waals surface area contributed by atoms with Crippen LogP contribution in [0.3, 0.4) is 0 Å². The zero-order chi connectivity index (χ0) is 12.5. The summed E-state index contributed by atoms with van der Waals surface area (Å²) in [4.78, 5) is 0. The summed E-state index contributed by atoms with van der Waals surface area (Å²) in [6.45, 7) is 0. The number of benzene rings is 2. The van der Waals surface area contributed by atoms with Gasteiger partial charge in [0.1, 0.15) is 0 Å². The summed E-state index contributed by atoms with van der Waals surface area (Å²) in [7, 11) is 0. The van der Waals surface area contributed by atoms with Crippen LogP contribution < -0.4 is 0 Å². The molecule has 0 N–H and O–H groups in total. The van der Waals surface area contributed by atoms with Crippen LogP contribution in [0.25, 0.3) is 16.5 Å². The van der Waals surface area contributed by atoms with E-state index < -0.39 is 0 Å². The molecule has 3 rings (SSSR count). The zero-order valence-corrected chi connectivity index (χ0v) is 12.3. The van der Waals surface area contributed by atoms with Crippen molar-refractivity contribution in [3.05, 3.63) is 59.2 Å². The first-order chi connectivity index (χ1) is 8.79. The van der Waals surface area contributed by atoms with E-state index in [0.29, 0.717) is 0 Å². The van der Waals surface area contributed by atoms with Crippen LogP contribution in [0.4, 0.5) is 0 Å². The summed E-state index contributed by atoms with van der Waals surface area (Å²) in [5.41, 5.74) is 1.19. The topological polar surface area (TPSA) is 4.93 Å². The van der Waals surface area contributed by atoms with Gasteiger partial charge < -0.3 is 4.57 Å². The molecule has 0 fully saturated rings. The summed E-state index contributed by atoms with van der Waals surface area (Å²) in [5, 5.41) is 3.88. The van der Waals surface area contributed by atoms with Gasteiger partial charge in [0.15, 0.2) is 0 Å². The fourth-order valence-electron chi connectivity index (χ4n) is 2.13. The molecule has 0 bridgehead atoms. The molecule has 0 radical (unpaired) electrons. The Morgan fingerprint density at radius 3 is 2.44 bits per heavy atom. The number of halogens is 1. The van der Waals surface area contributed by atoms with E-state index in [1.165, 1.54) is 21.5 Å². The Bertz CT molecular complexity index is 685. The first kappa shape index (κ1) is 11.9. The second kappa shape index (κ2) is 4.82. The third-order valence-electron chi connectivity index (χ3n) is 2.98. The van der Waals surface area contributed by atoms with E-state index in [1.54, 1.807) is 11.8 Å². The van der Waals surface area contributed by atoms with Crippen molar-refractivity contribution >= 4 is 38.5 Å². The maximum Gasteiger partial charge on any atom is 0.0871 e. The molecule has 3 aromatic rings. The van der Waals surface area contributed by atoms with E-state index in [2.05, 4.69) is 81.5 Å². The van der Waals surface area contributed by atoms with Gasteiger partial charge in [-0.05, 0) is 30.5 Å². The van der Waals surface area contributed by atoms with Crippen molar-refractivity contribution in [3.8, 4) is 5.69 Å². The predicted molar refractivity (Wildman–Crippen MR) is 82.8 cm³/mol. The Morgan fingerprint density at radius 2 is 1.72 bits per heavy atom. The lowest BCUT2D eigenvalue weighted by molar-refractivity contribution is 0.970. The molecule has 3 heteroatoms. The second-order valence-electron chi connectivity index (χ2n) is 4.07. The summed E-state index contributed by atoms with van der Waals surface area (Å²) >= 11 is 5.26. The molecule has 0 unspecified atom stereocenters. The first-order valence-corrected chi connectivity index (χ1v) is 7.71. The quantitative estimate of drug-likeness (QED) is 0.594. The standard InChI is InChI=1S/C15H12BrNS/c1-18-15-14-5-3-2-4-11(14)10-17(15)13-8-6-12(16)7-9-13/h2-10H,1H3. The largest absolute Gasteiger partial charge is 0.311 e. The third kappa shape index (κ3) is 1.98. The number of rotatable bonds is 2. The molecular formula is C15H12BrNS. The van der Waals surface area contributed by atoms with Crippen LogP contribution in [0.1, 0.15) is 0 Å². The van der Waals surface area contributed by atoms with Crippen LogP contribution in [0, 0.1) is 0 Å². The minimum atomic E-state index is 1.11.